The molecule has 0 bridgehead atoms. The fourth-order valence-electron chi connectivity index (χ4n) is 1.03. The zero-order valence-electron chi connectivity index (χ0n) is 7.55. The zero-order valence-corrected chi connectivity index (χ0v) is 8.37. The van der Waals surface area contributed by atoms with Gasteiger partial charge in [-0.2, -0.15) is 0 Å². The van der Waals surface area contributed by atoms with Crippen molar-refractivity contribution in [2.45, 2.75) is 37.0 Å². The lowest BCUT2D eigenvalue weighted by molar-refractivity contribution is 0.565. The van der Waals surface area contributed by atoms with Gasteiger partial charge >= 0.3 is 0 Å². The molecule has 13 heavy (non-hydrogen) atoms. The first-order chi connectivity index (χ1) is 6.27. The number of nitrogens with zero attached hydrogens (tertiary/aromatic N) is 4. The van der Waals surface area contributed by atoms with Crippen LogP contribution < -0.4 is 5.73 Å². The standard InChI is InChI=1S/C7H13N5S/c1-5(8)4-13-7-9-10-11-12(7)6-2-3-6/h5-6H,2-4,8H2,1H3/t5-/m0/s1. The van der Waals surface area contributed by atoms with Crippen molar-refractivity contribution < 1.29 is 0 Å². The highest BCUT2D eigenvalue weighted by Crippen LogP contribution is 2.36. The van der Waals surface area contributed by atoms with Crippen molar-refractivity contribution >= 4 is 11.8 Å². The van der Waals surface area contributed by atoms with Gasteiger partial charge in [-0.05, 0) is 30.2 Å². The molecule has 1 fully saturated rings. The maximum absolute atomic E-state index is 5.65. The molecule has 0 unspecified atom stereocenters. The molecule has 0 aliphatic heterocycles. The fourth-order valence-corrected chi connectivity index (χ4v) is 1.86. The minimum atomic E-state index is 0.189. The van der Waals surface area contributed by atoms with Crippen LogP contribution in [0, 0.1) is 0 Å². The highest BCUT2D eigenvalue weighted by atomic mass is 32.2. The van der Waals surface area contributed by atoms with Crippen LogP contribution in [0.2, 0.25) is 0 Å². The summed E-state index contributed by atoms with van der Waals surface area (Å²) >= 11 is 1.63. The molecule has 1 aromatic rings. The number of nitrogens with two attached hydrogens (primary N) is 1. The van der Waals surface area contributed by atoms with Gasteiger partial charge in [0.2, 0.25) is 5.16 Å². The summed E-state index contributed by atoms with van der Waals surface area (Å²) in [5.74, 6) is 0.868. The number of tetrazole rings is 1. The Morgan fingerprint density at radius 3 is 3.08 bits per heavy atom. The second kappa shape index (κ2) is 3.63. The number of aromatic nitrogens is 4. The van der Waals surface area contributed by atoms with E-state index in [1.165, 1.54) is 12.8 Å². The Bertz CT molecular complexity index is 280. The Balaban J connectivity index is 1.98. The monoisotopic (exact) mass is 199 g/mol. The van der Waals surface area contributed by atoms with Crippen molar-refractivity contribution in [3.63, 3.8) is 0 Å². The molecular formula is C7H13N5S. The van der Waals surface area contributed by atoms with Crippen LogP contribution >= 0.6 is 11.8 Å². The van der Waals surface area contributed by atoms with Gasteiger partial charge in [0, 0.05) is 11.8 Å². The van der Waals surface area contributed by atoms with E-state index in [2.05, 4.69) is 15.5 Å². The van der Waals surface area contributed by atoms with Crippen LogP contribution in [0.5, 0.6) is 0 Å². The average Bonchev–Trinajstić information content (AvgIpc) is 2.82. The van der Waals surface area contributed by atoms with Crippen LogP contribution in [0.3, 0.4) is 0 Å². The molecule has 2 rings (SSSR count). The van der Waals surface area contributed by atoms with E-state index < -0.39 is 0 Å². The topological polar surface area (TPSA) is 69.6 Å². The molecule has 1 aromatic heterocycles. The van der Waals surface area contributed by atoms with Crippen LogP contribution in [-0.4, -0.2) is 32.0 Å². The van der Waals surface area contributed by atoms with Crippen molar-refractivity contribution in [3.8, 4) is 0 Å². The molecule has 2 N–H and O–H groups in total. The van der Waals surface area contributed by atoms with Crippen LogP contribution in [0.15, 0.2) is 5.16 Å². The van der Waals surface area contributed by atoms with E-state index in [0.717, 1.165) is 10.9 Å². The highest BCUT2D eigenvalue weighted by molar-refractivity contribution is 7.99. The summed E-state index contributed by atoms with van der Waals surface area (Å²) in [4.78, 5) is 0. The second-order valence-electron chi connectivity index (χ2n) is 3.43. The molecule has 5 nitrogen and oxygen atoms in total. The molecule has 6 heteroatoms. The lowest BCUT2D eigenvalue weighted by Gasteiger charge is -2.03. The van der Waals surface area contributed by atoms with Gasteiger partial charge in [-0.15, -0.1) is 5.10 Å². The molecule has 0 radical (unpaired) electrons. The quantitative estimate of drug-likeness (QED) is 0.713. The maximum atomic E-state index is 5.65. The smallest absolute Gasteiger partial charge is 0.209 e. The summed E-state index contributed by atoms with van der Waals surface area (Å²) in [5, 5.41) is 12.5. The normalized spacial score (nSPS) is 18.9. The molecule has 0 amide bonds. The van der Waals surface area contributed by atoms with E-state index >= 15 is 0 Å². The van der Waals surface area contributed by atoms with Crippen LogP contribution in [0.4, 0.5) is 0 Å². The van der Waals surface area contributed by atoms with E-state index in [-0.39, 0.29) is 6.04 Å². The first-order valence-corrected chi connectivity index (χ1v) is 5.42. The van der Waals surface area contributed by atoms with Crippen molar-refractivity contribution in [3.05, 3.63) is 0 Å². The Kier molecular flexibility index (Phi) is 2.50. The summed E-state index contributed by atoms with van der Waals surface area (Å²) in [5.41, 5.74) is 5.65. The molecule has 72 valence electrons. The number of thioether (sulfide) groups is 1. The number of rotatable bonds is 4. The second-order valence-corrected chi connectivity index (χ2v) is 4.41. The fraction of sp³-hybridized carbons (Fsp3) is 0.857. The largest absolute Gasteiger partial charge is 0.327 e. The Morgan fingerprint density at radius 1 is 1.69 bits per heavy atom. The van der Waals surface area contributed by atoms with Crippen molar-refractivity contribution in [1.29, 1.82) is 0 Å². The van der Waals surface area contributed by atoms with Gasteiger partial charge in [-0.25, -0.2) is 4.68 Å². The summed E-state index contributed by atoms with van der Waals surface area (Å²) < 4.78 is 1.91. The molecular weight excluding hydrogens is 186 g/mol. The predicted octanol–water partition coefficient (Wildman–Crippen LogP) is 0.447. The molecule has 0 saturated heterocycles. The Labute approximate surface area is 81.1 Å². The molecule has 1 saturated carbocycles. The van der Waals surface area contributed by atoms with Gasteiger partial charge in [0.1, 0.15) is 0 Å². The summed E-state index contributed by atoms with van der Waals surface area (Å²) in [7, 11) is 0. The van der Waals surface area contributed by atoms with E-state index in [4.69, 9.17) is 5.73 Å². The lowest BCUT2D eigenvalue weighted by atomic mass is 10.4. The highest BCUT2D eigenvalue weighted by Gasteiger charge is 2.27. The summed E-state index contributed by atoms with van der Waals surface area (Å²) in [6.07, 6.45) is 2.41. The van der Waals surface area contributed by atoms with E-state index in [0.29, 0.717) is 6.04 Å². The number of hydrogen-bond donors (Lipinski definition) is 1. The minimum absolute atomic E-state index is 0.189. The van der Waals surface area contributed by atoms with Crippen LogP contribution in [0.1, 0.15) is 25.8 Å². The first-order valence-electron chi connectivity index (χ1n) is 4.43. The third kappa shape index (κ3) is 2.19. The SMILES string of the molecule is C[C@H](N)CSc1nnnn1C1CC1. The van der Waals surface area contributed by atoms with Crippen molar-refractivity contribution in [1.82, 2.24) is 20.2 Å². The van der Waals surface area contributed by atoms with Gasteiger partial charge in [0.25, 0.3) is 0 Å². The Hall–Kier alpha value is -0.620. The first kappa shape index (κ1) is 8.96. The maximum Gasteiger partial charge on any atom is 0.209 e. The average molecular weight is 199 g/mol. The third-order valence-corrected chi connectivity index (χ3v) is 3.05. The van der Waals surface area contributed by atoms with Crippen LogP contribution in [0.25, 0.3) is 0 Å². The van der Waals surface area contributed by atoms with Crippen molar-refractivity contribution in [2.75, 3.05) is 5.75 Å². The van der Waals surface area contributed by atoms with Gasteiger partial charge < -0.3 is 5.73 Å². The van der Waals surface area contributed by atoms with Gasteiger partial charge in [-0.1, -0.05) is 11.8 Å². The zero-order chi connectivity index (χ0) is 9.26. The third-order valence-electron chi connectivity index (χ3n) is 1.83. The lowest BCUT2D eigenvalue weighted by Crippen LogP contribution is -2.17. The van der Waals surface area contributed by atoms with Crippen LogP contribution in [-0.2, 0) is 0 Å². The van der Waals surface area contributed by atoms with E-state index in [1.807, 2.05) is 11.6 Å². The molecule has 1 heterocycles. The molecule has 1 atom stereocenters. The molecule has 0 aromatic carbocycles. The van der Waals surface area contributed by atoms with Crippen molar-refractivity contribution in [2.24, 2.45) is 5.73 Å². The van der Waals surface area contributed by atoms with Gasteiger partial charge in [-0.3, -0.25) is 0 Å². The molecule has 1 aliphatic carbocycles. The minimum Gasteiger partial charge on any atom is -0.327 e. The van der Waals surface area contributed by atoms with Gasteiger partial charge in [0.05, 0.1) is 6.04 Å². The Morgan fingerprint density at radius 2 is 2.46 bits per heavy atom. The summed E-state index contributed by atoms with van der Waals surface area (Å²) in [6.45, 7) is 1.98. The van der Waals surface area contributed by atoms with Gasteiger partial charge in [0.15, 0.2) is 0 Å². The van der Waals surface area contributed by atoms with E-state index in [1.54, 1.807) is 11.8 Å². The predicted molar refractivity (Wildman–Crippen MR) is 50.5 cm³/mol. The number of hydrogen-bond acceptors (Lipinski definition) is 5. The molecule has 1 aliphatic rings. The summed E-state index contributed by atoms with van der Waals surface area (Å²) in [6, 6.07) is 0.736. The van der Waals surface area contributed by atoms with E-state index in [9.17, 15) is 0 Å². The molecule has 0 spiro atoms.